The van der Waals surface area contributed by atoms with E-state index in [-0.39, 0.29) is 12.6 Å². The van der Waals surface area contributed by atoms with E-state index in [4.69, 9.17) is 18.8 Å². The van der Waals surface area contributed by atoms with Crippen molar-refractivity contribution in [2.75, 3.05) is 7.11 Å². The third kappa shape index (κ3) is 7.29. The van der Waals surface area contributed by atoms with Crippen LogP contribution in [0.5, 0.6) is 5.75 Å². The monoisotopic (exact) mass is 513 g/mol. The summed E-state index contributed by atoms with van der Waals surface area (Å²) in [5, 5.41) is 8.21. The Kier molecular flexibility index (Phi) is 9.23. The number of hydrogen-bond donors (Lipinski definition) is 0. The van der Waals surface area contributed by atoms with Crippen molar-refractivity contribution in [3.8, 4) is 17.1 Å². The van der Waals surface area contributed by atoms with Gasteiger partial charge in [-0.15, -0.1) is 0 Å². The molecule has 0 saturated heterocycles. The molecule has 0 aliphatic rings. The average Bonchev–Trinajstić information content (AvgIpc) is 3.44. The zero-order valence-electron chi connectivity index (χ0n) is 21.8. The Morgan fingerprint density at radius 2 is 1.63 bits per heavy atom. The zero-order chi connectivity index (χ0) is 26.7. The first-order valence-corrected chi connectivity index (χ1v) is 12.5. The number of carbonyl (C=O) groups excluding carboxylic acids is 1. The van der Waals surface area contributed by atoms with Crippen LogP contribution in [0, 0.1) is 5.92 Å². The Morgan fingerprint density at radius 3 is 2.32 bits per heavy atom. The van der Waals surface area contributed by atoms with Gasteiger partial charge in [-0.2, -0.15) is 4.98 Å². The molecule has 38 heavy (non-hydrogen) atoms. The van der Waals surface area contributed by atoms with Crippen LogP contribution in [0.2, 0.25) is 0 Å². The molecule has 4 aromatic rings. The predicted molar refractivity (Wildman–Crippen MR) is 143 cm³/mol. The molecular weight excluding hydrogens is 482 g/mol. The molecule has 1 heterocycles. The van der Waals surface area contributed by atoms with Crippen molar-refractivity contribution >= 4 is 11.7 Å². The highest BCUT2D eigenvalue weighted by Crippen LogP contribution is 2.20. The van der Waals surface area contributed by atoms with Crippen LogP contribution in [-0.2, 0) is 40.4 Å². The lowest BCUT2D eigenvalue weighted by atomic mass is 9.95. The maximum atomic E-state index is 12.4. The van der Waals surface area contributed by atoms with Crippen molar-refractivity contribution in [1.29, 1.82) is 0 Å². The van der Waals surface area contributed by atoms with Crippen molar-refractivity contribution < 1.29 is 23.6 Å². The average molecular weight is 514 g/mol. The Balaban J connectivity index is 1.32. The summed E-state index contributed by atoms with van der Waals surface area (Å²) in [5.74, 6) is 0.626. The van der Waals surface area contributed by atoms with Gasteiger partial charge in [-0.05, 0) is 48.6 Å². The number of ether oxygens (including phenoxy) is 2. The van der Waals surface area contributed by atoms with Gasteiger partial charge in [0.1, 0.15) is 18.3 Å². The van der Waals surface area contributed by atoms with Gasteiger partial charge >= 0.3 is 5.97 Å². The van der Waals surface area contributed by atoms with Gasteiger partial charge in [0.2, 0.25) is 5.82 Å². The molecule has 0 amide bonds. The Bertz CT molecular complexity index is 1330. The molecule has 0 aliphatic heterocycles. The second kappa shape index (κ2) is 13.2. The number of aromatic nitrogens is 2. The fraction of sp³-hybridized carbons (Fsp3) is 0.267. The van der Waals surface area contributed by atoms with Crippen LogP contribution < -0.4 is 4.74 Å². The minimum atomic E-state index is -0.564. The summed E-state index contributed by atoms with van der Waals surface area (Å²) in [4.78, 5) is 22.3. The van der Waals surface area contributed by atoms with E-state index in [1.807, 2.05) is 66.7 Å². The summed E-state index contributed by atoms with van der Waals surface area (Å²) in [6.45, 7) is 4.35. The van der Waals surface area contributed by atoms with Gasteiger partial charge < -0.3 is 18.8 Å². The molecule has 4 rings (SSSR count). The normalized spacial score (nSPS) is 12.1. The molecule has 1 unspecified atom stereocenters. The standard InChI is InChI=1S/C30H31N3O5/c1-4-22-10-14-25(15-11-22)29-31-28(38-33-29)20-36-26-16-12-23(13-17-26)18-27(30(34)35-3)21(2)32-37-19-24-8-6-5-7-9-24/h5-17,27H,4,18-20H2,1-3H3. The molecule has 0 fully saturated rings. The smallest absolute Gasteiger partial charge is 0.314 e. The van der Waals surface area contributed by atoms with Gasteiger partial charge in [0, 0.05) is 5.56 Å². The molecule has 1 aromatic heterocycles. The molecule has 0 spiro atoms. The molecule has 0 radical (unpaired) electrons. The van der Waals surface area contributed by atoms with Crippen LogP contribution >= 0.6 is 0 Å². The van der Waals surface area contributed by atoms with Crippen molar-refractivity contribution in [3.63, 3.8) is 0 Å². The first kappa shape index (κ1) is 26.6. The van der Waals surface area contributed by atoms with E-state index in [1.54, 1.807) is 6.92 Å². The highest BCUT2D eigenvalue weighted by molar-refractivity contribution is 6.00. The summed E-state index contributed by atoms with van der Waals surface area (Å²) in [6.07, 6.45) is 1.39. The van der Waals surface area contributed by atoms with Gasteiger partial charge in [0.15, 0.2) is 6.61 Å². The van der Waals surface area contributed by atoms with Gasteiger partial charge in [-0.3, -0.25) is 4.79 Å². The Hall–Kier alpha value is -4.46. The van der Waals surface area contributed by atoms with Crippen LogP contribution in [0.1, 0.15) is 36.4 Å². The molecule has 8 nitrogen and oxygen atoms in total. The summed E-state index contributed by atoms with van der Waals surface area (Å²) in [5.41, 5.74) is 4.62. The van der Waals surface area contributed by atoms with E-state index in [2.05, 4.69) is 34.4 Å². The topological polar surface area (TPSA) is 96.0 Å². The van der Waals surface area contributed by atoms with Gasteiger partial charge in [0.05, 0.1) is 12.8 Å². The molecule has 0 N–H and O–H groups in total. The predicted octanol–water partition coefficient (Wildman–Crippen LogP) is 5.80. The highest BCUT2D eigenvalue weighted by Gasteiger charge is 2.24. The van der Waals surface area contributed by atoms with Crippen LogP contribution in [0.3, 0.4) is 0 Å². The summed E-state index contributed by atoms with van der Waals surface area (Å²) in [6, 6.07) is 25.3. The number of oxime groups is 1. The Labute approximate surface area is 222 Å². The number of nitrogens with zero attached hydrogens (tertiary/aromatic N) is 3. The minimum absolute atomic E-state index is 0.148. The summed E-state index contributed by atoms with van der Waals surface area (Å²) < 4.78 is 16.2. The molecule has 3 aromatic carbocycles. The molecule has 0 saturated carbocycles. The largest absolute Gasteiger partial charge is 0.484 e. The van der Waals surface area contributed by atoms with Gasteiger partial charge in [-0.1, -0.05) is 84.0 Å². The number of hydrogen-bond acceptors (Lipinski definition) is 8. The maximum absolute atomic E-state index is 12.4. The molecule has 196 valence electrons. The van der Waals surface area contributed by atoms with E-state index < -0.39 is 5.92 Å². The van der Waals surface area contributed by atoms with Crippen molar-refractivity contribution in [2.24, 2.45) is 11.1 Å². The van der Waals surface area contributed by atoms with E-state index in [9.17, 15) is 4.79 Å². The van der Waals surface area contributed by atoms with E-state index >= 15 is 0 Å². The first-order chi connectivity index (χ1) is 18.6. The molecule has 8 heteroatoms. The second-order valence-corrected chi connectivity index (χ2v) is 8.77. The van der Waals surface area contributed by atoms with E-state index in [0.717, 1.165) is 23.1 Å². The molecule has 0 aliphatic carbocycles. The van der Waals surface area contributed by atoms with Crippen LogP contribution in [0.15, 0.2) is 88.5 Å². The highest BCUT2D eigenvalue weighted by atomic mass is 16.6. The maximum Gasteiger partial charge on any atom is 0.314 e. The number of benzene rings is 3. The number of aryl methyl sites for hydroxylation is 1. The molecule has 1 atom stereocenters. The SMILES string of the molecule is CCc1ccc(-c2noc(COc3ccc(CC(C(=O)OC)C(C)=NOCc4ccccc4)cc3)n2)cc1. The van der Waals surface area contributed by atoms with Crippen molar-refractivity contribution in [3.05, 3.63) is 101 Å². The molecular formula is C30H31N3O5. The van der Waals surface area contributed by atoms with Crippen molar-refractivity contribution in [2.45, 2.75) is 39.9 Å². The number of carbonyl (C=O) groups is 1. The Morgan fingerprint density at radius 1 is 0.921 bits per heavy atom. The first-order valence-electron chi connectivity index (χ1n) is 12.5. The quantitative estimate of drug-likeness (QED) is 0.134. The summed E-state index contributed by atoms with van der Waals surface area (Å²) >= 11 is 0. The lowest BCUT2D eigenvalue weighted by molar-refractivity contribution is -0.143. The fourth-order valence-electron chi connectivity index (χ4n) is 3.81. The lowest BCUT2D eigenvalue weighted by Crippen LogP contribution is -2.26. The van der Waals surface area contributed by atoms with Crippen LogP contribution in [-0.4, -0.2) is 28.9 Å². The molecule has 0 bridgehead atoms. The number of rotatable bonds is 12. The number of esters is 1. The third-order valence-corrected chi connectivity index (χ3v) is 6.09. The summed E-state index contributed by atoms with van der Waals surface area (Å²) in [7, 11) is 1.37. The van der Waals surface area contributed by atoms with Crippen LogP contribution in [0.25, 0.3) is 11.4 Å². The van der Waals surface area contributed by atoms with Gasteiger partial charge in [-0.25, -0.2) is 0 Å². The minimum Gasteiger partial charge on any atom is -0.484 e. The van der Waals surface area contributed by atoms with E-state index in [0.29, 0.717) is 36.2 Å². The van der Waals surface area contributed by atoms with Crippen LogP contribution in [0.4, 0.5) is 0 Å². The zero-order valence-corrected chi connectivity index (χ0v) is 21.8. The van der Waals surface area contributed by atoms with Crippen molar-refractivity contribution in [1.82, 2.24) is 10.1 Å². The fourth-order valence-corrected chi connectivity index (χ4v) is 3.81. The third-order valence-electron chi connectivity index (χ3n) is 6.09. The number of methoxy groups -OCH3 is 1. The second-order valence-electron chi connectivity index (χ2n) is 8.77. The lowest BCUT2D eigenvalue weighted by Gasteiger charge is -2.15. The van der Waals surface area contributed by atoms with Gasteiger partial charge in [0.25, 0.3) is 5.89 Å². The van der Waals surface area contributed by atoms with E-state index in [1.165, 1.54) is 12.7 Å².